The number of carboxylic acids is 2. The van der Waals surface area contributed by atoms with Gasteiger partial charge in [0.15, 0.2) is 0 Å². The molecule has 0 unspecified atom stereocenters. The van der Waals surface area contributed by atoms with Gasteiger partial charge in [0.25, 0.3) is 11.9 Å². The summed E-state index contributed by atoms with van der Waals surface area (Å²) in [5.41, 5.74) is 0. The van der Waals surface area contributed by atoms with E-state index in [0.717, 1.165) is 13.8 Å². The van der Waals surface area contributed by atoms with E-state index >= 15 is 0 Å². The maximum absolute atomic E-state index is 9.70. The number of hydrogen-bond acceptors (Lipinski definition) is 4. The second-order valence-electron chi connectivity index (χ2n) is 2.65. The van der Waals surface area contributed by atoms with Crippen LogP contribution < -0.4 is 10.6 Å². The third-order valence-electron chi connectivity index (χ3n) is 0.704. The molecular weight excluding hydrogens is 369 g/mol. The number of carbonyl (C=O) groups is 4. The van der Waals surface area contributed by atoms with E-state index in [-0.39, 0.29) is 52.0 Å². The Hall–Kier alpha value is -1.02. The molecule has 0 aliphatic rings. The van der Waals surface area contributed by atoms with Gasteiger partial charge in [0.1, 0.15) is 0 Å². The Balaban J connectivity index is -0.0000000256. The fraction of sp³-hybridized carbons (Fsp3) is 0.692. The largest absolute Gasteiger partial charge is 0.481 e. The summed E-state index contributed by atoms with van der Waals surface area (Å²) in [5, 5.41) is 19.6. The average molecular weight is 401 g/mol. The molecule has 0 aromatic rings. The maximum Gasteiger partial charge on any atom is 0.300 e. The Morgan fingerprint density at radius 2 is 0.727 bits per heavy atom. The number of carbonyl (C=O) groups excluding carboxylic acids is 2. The number of rotatable bonds is 0. The van der Waals surface area contributed by atoms with E-state index in [4.69, 9.17) is 19.8 Å². The standard InChI is InChI=1S/2C3H7NO.2C2H4O2.C2H6.CH4.Y/c2*1-3(5)4-2;2*1-2(3)4;1-2;;/h2*1-2H3,(H,4,5);2*1H3,(H,3,4);1-2H3;1H4;. The molecule has 0 aliphatic heterocycles. The molecule has 0 bridgehead atoms. The molecule has 1 radical (unpaired) electrons. The van der Waals surface area contributed by atoms with E-state index in [2.05, 4.69) is 10.6 Å². The van der Waals surface area contributed by atoms with Crippen molar-refractivity contribution in [2.75, 3.05) is 14.1 Å². The summed E-state index contributed by atoms with van der Waals surface area (Å²) in [7, 11) is 3.20. The quantitative estimate of drug-likeness (QED) is 0.484. The van der Waals surface area contributed by atoms with Crippen molar-refractivity contribution < 1.29 is 62.1 Å². The van der Waals surface area contributed by atoms with Gasteiger partial charge in [-0.2, -0.15) is 0 Å². The third-order valence-corrected chi connectivity index (χ3v) is 0.704. The van der Waals surface area contributed by atoms with Gasteiger partial charge in [0.2, 0.25) is 11.8 Å². The van der Waals surface area contributed by atoms with Gasteiger partial charge in [-0.3, -0.25) is 19.2 Å². The molecule has 0 heterocycles. The molecule has 0 saturated heterocycles. The van der Waals surface area contributed by atoms with Crippen molar-refractivity contribution in [1.29, 1.82) is 0 Å². The molecule has 2 amide bonds. The molecule has 0 spiro atoms. The molecule has 0 fully saturated rings. The summed E-state index contributed by atoms with van der Waals surface area (Å²) in [6, 6.07) is 0. The average Bonchev–Trinajstić information content (AvgIpc) is 2.30. The fourth-order valence-electron chi connectivity index (χ4n) is 0. The van der Waals surface area contributed by atoms with Gasteiger partial charge in [-0.15, -0.1) is 0 Å². The minimum absolute atomic E-state index is 0. The Morgan fingerprint density at radius 3 is 0.727 bits per heavy atom. The third kappa shape index (κ3) is 690. The monoisotopic (exact) mass is 401 g/mol. The number of hydrogen-bond donors (Lipinski definition) is 4. The normalized spacial score (nSPS) is 5.64. The molecular formula is C13H32N2O6Y. The molecule has 8 nitrogen and oxygen atoms in total. The van der Waals surface area contributed by atoms with Crippen LogP contribution >= 0.6 is 0 Å². The van der Waals surface area contributed by atoms with E-state index in [9.17, 15) is 9.59 Å². The van der Waals surface area contributed by atoms with Crippen molar-refractivity contribution in [3.8, 4) is 0 Å². The first-order chi connectivity index (χ1) is 9.00. The topological polar surface area (TPSA) is 133 Å². The minimum atomic E-state index is -0.833. The number of nitrogens with one attached hydrogen (secondary N) is 2. The fourth-order valence-corrected chi connectivity index (χ4v) is 0. The van der Waals surface area contributed by atoms with Crippen LogP contribution in [-0.4, -0.2) is 48.1 Å². The van der Waals surface area contributed by atoms with Gasteiger partial charge in [0.05, 0.1) is 0 Å². The van der Waals surface area contributed by atoms with Crippen LogP contribution in [0.25, 0.3) is 0 Å². The van der Waals surface area contributed by atoms with Crippen LogP contribution in [0.2, 0.25) is 0 Å². The van der Waals surface area contributed by atoms with Crippen LogP contribution in [0.5, 0.6) is 0 Å². The summed E-state index contributed by atoms with van der Waals surface area (Å²) in [5.74, 6) is -1.66. The molecule has 0 atom stereocenters. The van der Waals surface area contributed by atoms with Crippen LogP contribution in [0.15, 0.2) is 0 Å². The molecule has 0 aromatic heterocycles. The maximum atomic E-state index is 9.70. The molecule has 9 heteroatoms. The van der Waals surface area contributed by atoms with Crippen molar-refractivity contribution in [2.24, 2.45) is 0 Å². The Morgan fingerprint density at radius 1 is 0.682 bits per heavy atom. The van der Waals surface area contributed by atoms with Gasteiger partial charge < -0.3 is 20.8 Å². The molecule has 0 aliphatic carbocycles. The summed E-state index contributed by atoms with van der Waals surface area (Å²) in [4.78, 5) is 37.4. The molecule has 0 aromatic carbocycles. The zero-order chi connectivity index (χ0) is 17.7. The van der Waals surface area contributed by atoms with E-state index in [1.54, 1.807) is 14.1 Å². The predicted octanol–water partition coefficient (Wildman–Crippen LogP) is 1.35. The van der Waals surface area contributed by atoms with Crippen molar-refractivity contribution in [2.45, 2.75) is 49.0 Å². The van der Waals surface area contributed by atoms with Crippen LogP contribution in [0.4, 0.5) is 0 Å². The van der Waals surface area contributed by atoms with Crippen LogP contribution in [0.3, 0.4) is 0 Å². The summed E-state index contributed by atoms with van der Waals surface area (Å²) < 4.78 is 0. The van der Waals surface area contributed by atoms with E-state index in [0.29, 0.717) is 0 Å². The Labute approximate surface area is 159 Å². The summed E-state index contributed by atoms with van der Waals surface area (Å²) >= 11 is 0. The van der Waals surface area contributed by atoms with Gasteiger partial charge >= 0.3 is 0 Å². The first-order valence-corrected chi connectivity index (χ1v) is 5.76. The van der Waals surface area contributed by atoms with Crippen LogP contribution in [-0.2, 0) is 51.9 Å². The molecule has 4 N–H and O–H groups in total. The predicted molar refractivity (Wildman–Crippen MR) is 84.2 cm³/mol. The van der Waals surface area contributed by atoms with Crippen molar-refractivity contribution >= 4 is 23.8 Å². The minimum Gasteiger partial charge on any atom is -0.481 e. The molecule has 22 heavy (non-hydrogen) atoms. The summed E-state index contributed by atoms with van der Waals surface area (Å²) in [6.07, 6.45) is 0. The van der Waals surface area contributed by atoms with Crippen LogP contribution in [0.1, 0.15) is 49.0 Å². The van der Waals surface area contributed by atoms with Crippen molar-refractivity contribution in [3.63, 3.8) is 0 Å². The van der Waals surface area contributed by atoms with Crippen molar-refractivity contribution in [1.82, 2.24) is 10.6 Å². The second kappa shape index (κ2) is 42.7. The number of aliphatic carboxylic acids is 2. The SMILES string of the molecule is C.CC.CC(=O)O.CC(=O)O.CNC(C)=O.CNC(C)=O.[Y]. The van der Waals surface area contributed by atoms with E-state index < -0.39 is 11.9 Å². The molecule has 133 valence electrons. The smallest absolute Gasteiger partial charge is 0.300 e. The summed E-state index contributed by atoms with van der Waals surface area (Å²) in [6.45, 7) is 9.11. The van der Waals surface area contributed by atoms with Crippen molar-refractivity contribution in [3.05, 3.63) is 0 Å². The van der Waals surface area contributed by atoms with E-state index in [1.165, 1.54) is 13.8 Å². The first-order valence-electron chi connectivity index (χ1n) is 5.76. The van der Waals surface area contributed by atoms with Gasteiger partial charge in [-0.25, -0.2) is 0 Å². The van der Waals surface area contributed by atoms with Gasteiger partial charge in [0, 0.05) is 74.5 Å². The van der Waals surface area contributed by atoms with E-state index in [1.807, 2.05) is 13.8 Å². The van der Waals surface area contributed by atoms with Crippen LogP contribution in [0, 0.1) is 0 Å². The van der Waals surface area contributed by atoms with Gasteiger partial charge in [-0.1, -0.05) is 21.3 Å². The first kappa shape index (κ1) is 42.9. The Bertz CT molecular complexity index is 227. The Kier molecular flexibility index (Phi) is 83.2. The second-order valence-corrected chi connectivity index (χ2v) is 2.65. The number of amides is 2. The van der Waals surface area contributed by atoms with Gasteiger partial charge in [-0.05, 0) is 0 Å². The number of carboxylic acid groups (broad SMARTS) is 2. The zero-order valence-electron chi connectivity index (χ0n) is 14.1. The molecule has 0 saturated carbocycles. The zero-order valence-corrected chi connectivity index (χ0v) is 16.9. The molecule has 0 rings (SSSR count).